The smallest absolute Gasteiger partial charge is 0.141 e. The first-order chi connectivity index (χ1) is 7.22. The van der Waals surface area contributed by atoms with Crippen LogP contribution in [0.25, 0.3) is 10.8 Å². The van der Waals surface area contributed by atoms with E-state index in [4.69, 9.17) is 5.26 Å². The molecule has 74 valence electrons. The van der Waals surface area contributed by atoms with Gasteiger partial charge in [0, 0.05) is 11.6 Å². The van der Waals surface area contributed by atoms with E-state index in [1.807, 2.05) is 18.2 Å². The summed E-state index contributed by atoms with van der Waals surface area (Å²) in [5.74, 6) is 0.475. The van der Waals surface area contributed by atoms with Crippen molar-refractivity contribution in [2.45, 2.75) is 19.8 Å². The summed E-state index contributed by atoms with van der Waals surface area (Å²) < 4.78 is 0. The van der Waals surface area contributed by atoms with Crippen molar-refractivity contribution < 1.29 is 0 Å². The van der Waals surface area contributed by atoms with E-state index in [0.29, 0.717) is 11.6 Å². The van der Waals surface area contributed by atoms with Crippen LogP contribution in [0.4, 0.5) is 0 Å². The van der Waals surface area contributed by atoms with Crippen LogP contribution in [0, 0.1) is 11.3 Å². The van der Waals surface area contributed by atoms with Gasteiger partial charge in [0.05, 0.1) is 0 Å². The minimum atomic E-state index is 0.475. The Morgan fingerprint density at radius 2 is 2.13 bits per heavy atom. The standard InChI is InChI=1S/C13H12N2/c1-9(2)12-5-3-4-10-6-11(7-14)15-8-13(10)12/h3-6,8-9H,1-2H3. The highest BCUT2D eigenvalue weighted by Crippen LogP contribution is 2.24. The van der Waals surface area contributed by atoms with Gasteiger partial charge < -0.3 is 0 Å². The Morgan fingerprint density at radius 3 is 2.80 bits per heavy atom. The summed E-state index contributed by atoms with van der Waals surface area (Å²) in [5, 5.41) is 11.0. The highest BCUT2D eigenvalue weighted by molar-refractivity contribution is 5.86. The van der Waals surface area contributed by atoms with E-state index >= 15 is 0 Å². The van der Waals surface area contributed by atoms with Crippen molar-refractivity contribution in [1.82, 2.24) is 4.98 Å². The minimum absolute atomic E-state index is 0.475. The summed E-state index contributed by atoms with van der Waals surface area (Å²) >= 11 is 0. The Bertz CT molecular complexity index is 536. The van der Waals surface area contributed by atoms with E-state index in [2.05, 4.69) is 31.0 Å². The summed E-state index contributed by atoms with van der Waals surface area (Å²) in [6, 6.07) is 10.0. The number of rotatable bonds is 1. The van der Waals surface area contributed by atoms with Crippen LogP contribution in [0.5, 0.6) is 0 Å². The molecule has 0 aliphatic carbocycles. The van der Waals surface area contributed by atoms with Crippen molar-refractivity contribution in [2.24, 2.45) is 0 Å². The highest BCUT2D eigenvalue weighted by Gasteiger charge is 2.05. The first-order valence-electron chi connectivity index (χ1n) is 5.01. The molecule has 2 nitrogen and oxygen atoms in total. The molecule has 0 amide bonds. The molecule has 0 atom stereocenters. The maximum Gasteiger partial charge on any atom is 0.141 e. The molecule has 0 spiro atoms. The van der Waals surface area contributed by atoms with Gasteiger partial charge in [-0.05, 0) is 22.9 Å². The molecule has 1 aromatic heterocycles. The lowest BCUT2D eigenvalue weighted by Crippen LogP contribution is -1.91. The molecule has 0 saturated heterocycles. The molecule has 0 saturated carbocycles. The normalized spacial score (nSPS) is 10.5. The zero-order valence-electron chi connectivity index (χ0n) is 8.86. The van der Waals surface area contributed by atoms with E-state index in [-0.39, 0.29) is 0 Å². The number of hydrogen-bond donors (Lipinski definition) is 0. The van der Waals surface area contributed by atoms with Gasteiger partial charge in [-0.1, -0.05) is 32.0 Å². The Kier molecular flexibility index (Phi) is 2.39. The molecule has 0 aliphatic heterocycles. The number of nitrogens with zero attached hydrogens (tertiary/aromatic N) is 2. The Hall–Kier alpha value is -1.88. The number of fused-ring (bicyclic) bond motifs is 1. The first-order valence-corrected chi connectivity index (χ1v) is 5.01. The summed E-state index contributed by atoms with van der Waals surface area (Å²) in [7, 11) is 0. The molecule has 0 N–H and O–H groups in total. The fourth-order valence-corrected chi connectivity index (χ4v) is 1.76. The van der Waals surface area contributed by atoms with E-state index < -0.39 is 0 Å². The number of benzene rings is 1. The highest BCUT2D eigenvalue weighted by atomic mass is 14.7. The molecular weight excluding hydrogens is 184 g/mol. The fraction of sp³-hybridized carbons (Fsp3) is 0.231. The Morgan fingerprint density at radius 1 is 1.33 bits per heavy atom. The van der Waals surface area contributed by atoms with Gasteiger partial charge in [0.2, 0.25) is 0 Å². The van der Waals surface area contributed by atoms with Crippen LogP contribution in [-0.2, 0) is 0 Å². The second-order valence-corrected chi connectivity index (χ2v) is 3.90. The lowest BCUT2D eigenvalue weighted by molar-refractivity contribution is 0.875. The third kappa shape index (κ3) is 1.69. The van der Waals surface area contributed by atoms with E-state index in [1.54, 1.807) is 6.20 Å². The summed E-state index contributed by atoms with van der Waals surface area (Å²) in [5.41, 5.74) is 1.76. The molecule has 0 fully saturated rings. The Balaban J connectivity index is 2.73. The zero-order chi connectivity index (χ0) is 10.8. The quantitative estimate of drug-likeness (QED) is 0.702. The summed E-state index contributed by atoms with van der Waals surface area (Å²) in [6.07, 6.45) is 1.79. The van der Waals surface area contributed by atoms with Crippen molar-refractivity contribution in [1.29, 1.82) is 5.26 Å². The molecule has 1 heterocycles. The van der Waals surface area contributed by atoms with Crippen molar-refractivity contribution in [3.63, 3.8) is 0 Å². The SMILES string of the molecule is CC(C)c1cccc2cc(C#N)ncc12. The predicted octanol–water partition coefficient (Wildman–Crippen LogP) is 3.23. The maximum atomic E-state index is 8.76. The zero-order valence-corrected chi connectivity index (χ0v) is 8.86. The van der Waals surface area contributed by atoms with Gasteiger partial charge in [-0.3, -0.25) is 0 Å². The molecule has 2 rings (SSSR count). The number of nitriles is 1. The topological polar surface area (TPSA) is 36.7 Å². The summed E-state index contributed by atoms with van der Waals surface area (Å²) in [4.78, 5) is 4.11. The number of pyridine rings is 1. The van der Waals surface area contributed by atoms with Crippen LogP contribution >= 0.6 is 0 Å². The van der Waals surface area contributed by atoms with Crippen LogP contribution in [0.15, 0.2) is 30.5 Å². The van der Waals surface area contributed by atoms with Gasteiger partial charge in [-0.15, -0.1) is 0 Å². The molecule has 0 bridgehead atoms. The predicted molar refractivity (Wildman–Crippen MR) is 60.5 cm³/mol. The van der Waals surface area contributed by atoms with Gasteiger partial charge in [-0.2, -0.15) is 5.26 Å². The van der Waals surface area contributed by atoms with Crippen LogP contribution < -0.4 is 0 Å². The van der Waals surface area contributed by atoms with Gasteiger partial charge in [0.15, 0.2) is 0 Å². The van der Waals surface area contributed by atoms with E-state index in [1.165, 1.54) is 5.56 Å². The molecule has 0 unspecified atom stereocenters. The number of aromatic nitrogens is 1. The second kappa shape index (κ2) is 3.70. The van der Waals surface area contributed by atoms with Gasteiger partial charge >= 0.3 is 0 Å². The molecular formula is C13H12N2. The van der Waals surface area contributed by atoms with E-state index in [0.717, 1.165) is 10.8 Å². The molecule has 0 aliphatic rings. The van der Waals surface area contributed by atoms with Crippen molar-refractivity contribution in [3.8, 4) is 6.07 Å². The van der Waals surface area contributed by atoms with Crippen LogP contribution in [0.1, 0.15) is 31.0 Å². The summed E-state index contributed by atoms with van der Waals surface area (Å²) in [6.45, 7) is 4.32. The lowest BCUT2D eigenvalue weighted by atomic mass is 9.97. The van der Waals surface area contributed by atoms with Crippen LogP contribution in [-0.4, -0.2) is 4.98 Å². The molecule has 15 heavy (non-hydrogen) atoms. The van der Waals surface area contributed by atoms with E-state index in [9.17, 15) is 0 Å². The minimum Gasteiger partial charge on any atom is -0.245 e. The third-order valence-corrected chi connectivity index (χ3v) is 2.54. The second-order valence-electron chi connectivity index (χ2n) is 3.90. The van der Waals surface area contributed by atoms with Crippen LogP contribution in [0.3, 0.4) is 0 Å². The monoisotopic (exact) mass is 196 g/mol. The van der Waals surface area contributed by atoms with Gasteiger partial charge in [0.25, 0.3) is 0 Å². The van der Waals surface area contributed by atoms with Crippen molar-refractivity contribution in [3.05, 3.63) is 41.7 Å². The molecule has 1 aromatic carbocycles. The average molecular weight is 196 g/mol. The largest absolute Gasteiger partial charge is 0.245 e. The average Bonchev–Trinajstić information content (AvgIpc) is 2.27. The number of hydrogen-bond acceptors (Lipinski definition) is 2. The van der Waals surface area contributed by atoms with Gasteiger partial charge in [0.1, 0.15) is 11.8 Å². The lowest BCUT2D eigenvalue weighted by Gasteiger charge is -2.09. The third-order valence-electron chi connectivity index (χ3n) is 2.54. The molecule has 2 heteroatoms. The van der Waals surface area contributed by atoms with Crippen molar-refractivity contribution in [2.75, 3.05) is 0 Å². The maximum absolute atomic E-state index is 8.76. The Labute approximate surface area is 89.2 Å². The fourth-order valence-electron chi connectivity index (χ4n) is 1.76. The molecule has 0 radical (unpaired) electrons. The van der Waals surface area contributed by atoms with Crippen LogP contribution in [0.2, 0.25) is 0 Å². The first kappa shape index (κ1) is 9.67. The van der Waals surface area contributed by atoms with Gasteiger partial charge in [-0.25, -0.2) is 4.98 Å². The van der Waals surface area contributed by atoms with Crippen molar-refractivity contribution >= 4 is 10.8 Å². The molecule has 2 aromatic rings.